The maximum absolute atomic E-state index is 13.6. The van der Waals surface area contributed by atoms with Crippen LogP contribution in [0.3, 0.4) is 0 Å². The van der Waals surface area contributed by atoms with Crippen molar-refractivity contribution in [2.45, 2.75) is 25.8 Å². The standard InChI is InChI=1S/C15H14F3N3O/c1-15(13(17)18)8-20-4-3-12(21(20)14(15)22)9-5-10(16)7-11(6-9)19-2/h5-7,12-13H,3-4,8H2,1H3/t12-,15-/m0/s1. The number of rotatable bonds is 2. The number of amides is 1. The highest BCUT2D eigenvalue weighted by atomic mass is 19.3. The number of alkyl halides is 2. The summed E-state index contributed by atoms with van der Waals surface area (Å²) in [6.45, 7) is 8.66. The van der Waals surface area contributed by atoms with Crippen LogP contribution in [0.4, 0.5) is 18.9 Å². The molecule has 2 heterocycles. The fraction of sp³-hybridized carbons (Fsp3) is 0.467. The number of nitrogens with zero attached hydrogens (tertiary/aromatic N) is 3. The van der Waals surface area contributed by atoms with E-state index in [9.17, 15) is 18.0 Å². The third-order valence-corrected chi connectivity index (χ3v) is 4.37. The minimum atomic E-state index is -2.75. The Labute approximate surface area is 125 Å². The van der Waals surface area contributed by atoms with Crippen molar-refractivity contribution in [3.05, 3.63) is 41.0 Å². The van der Waals surface area contributed by atoms with Crippen LogP contribution in [-0.4, -0.2) is 35.4 Å². The smallest absolute Gasteiger partial charge is 0.254 e. The van der Waals surface area contributed by atoms with Crippen LogP contribution in [0, 0.1) is 17.8 Å². The fourth-order valence-corrected chi connectivity index (χ4v) is 3.16. The van der Waals surface area contributed by atoms with Gasteiger partial charge in [0.2, 0.25) is 0 Å². The van der Waals surface area contributed by atoms with Gasteiger partial charge in [0, 0.05) is 13.1 Å². The second-order valence-electron chi connectivity index (χ2n) is 5.92. The SMILES string of the molecule is [C-]#[N+]c1cc(F)cc([C@@H]2CCN3C[C@@](C)(C(F)F)C(=O)N23)c1. The van der Waals surface area contributed by atoms with Crippen molar-refractivity contribution < 1.29 is 18.0 Å². The second kappa shape index (κ2) is 4.99. The summed E-state index contributed by atoms with van der Waals surface area (Å²) >= 11 is 0. The summed E-state index contributed by atoms with van der Waals surface area (Å²) in [6, 6.07) is 3.38. The van der Waals surface area contributed by atoms with E-state index in [0.29, 0.717) is 18.5 Å². The Bertz CT molecular complexity index is 672. The molecule has 2 aliphatic heterocycles. The van der Waals surface area contributed by atoms with Gasteiger partial charge in [-0.15, -0.1) is 0 Å². The molecule has 0 N–H and O–H groups in total. The van der Waals surface area contributed by atoms with Gasteiger partial charge in [0.05, 0.1) is 12.6 Å². The van der Waals surface area contributed by atoms with E-state index in [1.807, 2.05) is 0 Å². The molecule has 3 rings (SSSR count). The molecule has 7 heteroatoms. The first-order chi connectivity index (χ1) is 10.4. The monoisotopic (exact) mass is 309 g/mol. The molecule has 0 unspecified atom stereocenters. The van der Waals surface area contributed by atoms with E-state index in [-0.39, 0.29) is 12.2 Å². The largest absolute Gasteiger partial charge is 0.272 e. The molecule has 0 aliphatic carbocycles. The minimum absolute atomic E-state index is 0.0367. The summed E-state index contributed by atoms with van der Waals surface area (Å²) in [4.78, 5) is 15.6. The number of carbonyl (C=O) groups excluding carboxylic acids is 1. The fourth-order valence-electron chi connectivity index (χ4n) is 3.16. The lowest BCUT2D eigenvalue weighted by atomic mass is 9.90. The van der Waals surface area contributed by atoms with Crippen LogP contribution in [0.1, 0.15) is 24.9 Å². The summed E-state index contributed by atoms with van der Waals surface area (Å²) < 4.78 is 40.0. The number of carbonyl (C=O) groups is 1. The van der Waals surface area contributed by atoms with Crippen molar-refractivity contribution in [3.8, 4) is 0 Å². The molecule has 0 bridgehead atoms. The second-order valence-corrected chi connectivity index (χ2v) is 5.92. The molecule has 0 aromatic heterocycles. The van der Waals surface area contributed by atoms with Gasteiger partial charge >= 0.3 is 0 Å². The van der Waals surface area contributed by atoms with Crippen molar-refractivity contribution >= 4 is 11.6 Å². The van der Waals surface area contributed by atoms with Crippen molar-refractivity contribution in [1.82, 2.24) is 10.0 Å². The van der Waals surface area contributed by atoms with Gasteiger partial charge in [-0.25, -0.2) is 23.0 Å². The summed E-state index contributed by atoms with van der Waals surface area (Å²) in [5.74, 6) is -1.20. The highest BCUT2D eigenvalue weighted by Crippen LogP contribution is 2.45. The van der Waals surface area contributed by atoms with Gasteiger partial charge in [0.1, 0.15) is 11.2 Å². The molecular formula is C15H14F3N3O. The molecule has 22 heavy (non-hydrogen) atoms. The molecule has 1 aromatic carbocycles. The van der Waals surface area contributed by atoms with Gasteiger partial charge in [-0.1, -0.05) is 6.07 Å². The predicted molar refractivity (Wildman–Crippen MR) is 72.6 cm³/mol. The Kier molecular flexibility index (Phi) is 3.37. The van der Waals surface area contributed by atoms with E-state index in [4.69, 9.17) is 6.57 Å². The minimum Gasteiger partial charge on any atom is -0.272 e. The predicted octanol–water partition coefficient (Wildman–Crippen LogP) is 3.15. The molecule has 0 saturated carbocycles. The van der Waals surface area contributed by atoms with Crippen LogP contribution in [0.2, 0.25) is 0 Å². The normalized spacial score (nSPS) is 28.3. The Balaban J connectivity index is 1.97. The summed E-state index contributed by atoms with van der Waals surface area (Å²) in [5, 5.41) is 2.91. The molecule has 2 atom stereocenters. The Morgan fingerprint density at radius 3 is 2.77 bits per heavy atom. The van der Waals surface area contributed by atoms with Gasteiger partial charge < -0.3 is 0 Å². The average Bonchev–Trinajstić information content (AvgIpc) is 2.98. The molecule has 4 nitrogen and oxygen atoms in total. The Morgan fingerprint density at radius 2 is 2.14 bits per heavy atom. The average molecular weight is 309 g/mol. The van der Waals surface area contributed by atoms with Crippen LogP contribution in [0.25, 0.3) is 4.85 Å². The number of benzene rings is 1. The summed E-state index contributed by atoms with van der Waals surface area (Å²) in [7, 11) is 0. The van der Waals surface area contributed by atoms with Crippen LogP contribution in [-0.2, 0) is 4.79 Å². The van der Waals surface area contributed by atoms with Crippen molar-refractivity contribution in [2.24, 2.45) is 5.41 Å². The van der Waals surface area contributed by atoms with Crippen LogP contribution < -0.4 is 0 Å². The molecule has 0 spiro atoms. The van der Waals surface area contributed by atoms with Gasteiger partial charge in [0.15, 0.2) is 5.69 Å². The van der Waals surface area contributed by atoms with E-state index in [1.165, 1.54) is 24.1 Å². The molecule has 2 fully saturated rings. The molecule has 116 valence electrons. The molecule has 2 aliphatic rings. The van der Waals surface area contributed by atoms with Crippen LogP contribution in [0.5, 0.6) is 0 Å². The Hall–Kier alpha value is -2.07. The molecule has 2 saturated heterocycles. The first kappa shape index (κ1) is 14.9. The van der Waals surface area contributed by atoms with E-state index < -0.39 is 29.6 Å². The zero-order valence-corrected chi connectivity index (χ0v) is 11.9. The van der Waals surface area contributed by atoms with Crippen molar-refractivity contribution in [3.63, 3.8) is 0 Å². The van der Waals surface area contributed by atoms with E-state index in [0.717, 1.165) is 6.07 Å². The maximum Gasteiger partial charge on any atom is 0.254 e. The van der Waals surface area contributed by atoms with Crippen molar-refractivity contribution in [1.29, 1.82) is 0 Å². The maximum atomic E-state index is 13.6. The highest BCUT2D eigenvalue weighted by Gasteiger charge is 2.57. The van der Waals surface area contributed by atoms with Gasteiger partial charge in [-0.3, -0.25) is 9.80 Å². The van der Waals surface area contributed by atoms with Crippen LogP contribution >= 0.6 is 0 Å². The number of halogens is 3. The molecule has 1 aromatic rings. The third-order valence-electron chi connectivity index (χ3n) is 4.37. The number of fused-ring (bicyclic) bond motifs is 1. The topological polar surface area (TPSA) is 27.9 Å². The first-order valence-electron chi connectivity index (χ1n) is 6.91. The van der Waals surface area contributed by atoms with Gasteiger partial charge in [-0.05, 0) is 31.0 Å². The number of hydrazine groups is 1. The summed E-state index contributed by atoms with van der Waals surface area (Å²) in [6.07, 6.45) is -2.22. The van der Waals surface area contributed by atoms with Crippen molar-refractivity contribution in [2.75, 3.05) is 13.1 Å². The zero-order chi connectivity index (χ0) is 16.1. The number of hydrogen-bond acceptors (Lipinski definition) is 2. The first-order valence-corrected chi connectivity index (χ1v) is 6.91. The van der Waals surface area contributed by atoms with E-state index in [2.05, 4.69) is 4.85 Å². The molecular weight excluding hydrogens is 295 g/mol. The van der Waals surface area contributed by atoms with Gasteiger partial charge in [-0.2, -0.15) is 0 Å². The van der Waals surface area contributed by atoms with E-state index in [1.54, 1.807) is 5.01 Å². The third kappa shape index (κ3) is 2.06. The highest BCUT2D eigenvalue weighted by molar-refractivity contribution is 5.85. The van der Waals surface area contributed by atoms with Gasteiger partial charge in [0.25, 0.3) is 12.3 Å². The summed E-state index contributed by atoms with van der Waals surface area (Å²) in [5.41, 5.74) is -1.12. The quantitative estimate of drug-likeness (QED) is 0.785. The zero-order valence-electron chi connectivity index (χ0n) is 11.9. The molecule has 0 radical (unpaired) electrons. The Morgan fingerprint density at radius 1 is 1.41 bits per heavy atom. The lowest BCUT2D eigenvalue weighted by molar-refractivity contribution is -0.147. The lowest BCUT2D eigenvalue weighted by Gasteiger charge is -2.26. The van der Waals surface area contributed by atoms with E-state index >= 15 is 0 Å². The van der Waals surface area contributed by atoms with Crippen LogP contribution in [0.15, 0.2) is 18.2 Å². The lowest BCUT2D eigenvalue weighted by Crippen LogP contribution is -2.39. The number of hydrogen-bond donors (Lipinski definition) is 0. The molecule has 1 amide bonds.